The molecule has 140 valence electrons. The lowest BCUT2D eigenvalue weighted by atomic mass is 9.87. The van der Waals surface area contributed by atoms with Crippen LogP contribution in [0.5, 0.6) is 0 Å². The molecule has 0 radical (unpaired) electrons. The molecule has 0 fully saturated rings. The van der Waals surface area contributed by atoms with Gasteiger partial charge in [-0.3, -0.25) is 4.99 Å². The number of halogens is 1. The van der Waals surface area contributed by atoms with E-state index in [0.717, 1.165) is 19.5 Å². The standard InChI is InChI=1S/C16H35N3O2S.HI/c1-6-9-10-11-16(4,5)14-19-15(17-7-2)18-12-13-22(20,21)8-3;/h6-14H2,1-5H3,(H2,17,18,19);1H. The zero-order chi connectivity index (χ0) is 17.1. The first-order chi connectivity index (χ1) is 10.3. The van der Waals surface area contributed by atoms with Gasteiger partial charge in [0, 0.05) is 25.4 Å². The Morgan fingerprint density at radius 3 is 2.26 bits per heavy atom. The Bertz CT molecular complexity index is 423. The number of unbranched alkanes of at least 4 members (excludes halogenated alkanes) is 2. The van der Waals surface area contributed by atoms with Gasteiger partial charge < -0.3 is 10.6 Å². The lowest BCUT2D eigenvalue weighted by Gasteiger charge is -2.23. The fourth-order valence-electron chi connectivity index (χ4n) is 2.04. The van der Waals surface area contributed by atoms with Crippen molar-refractivity contribution in [1.29, 1.82) is 0 Å². The molecule has 0 aliphatic heterocycles. The minimum Gasteiger partial charge on any atom is -0.357 e. The molecule has 0 saturated heterocycles. The summed E-state index contributed by atoms with van der Waals surface area (Å²) in [6.07, 6.45) is 4.89. The quantitative estimate of drug-likeness (QED) is 0.215. The third kappa shape index (κ3) is 14.0. The highest BCUT2D eigenvalue weighted by molar-refractivity contribution is 14.0. The van der Waals surface area contributed by atoms with E-state index in [4.69, 9.17) is 0 Å². The third-order valence-electron chi connectivity index (χ3n) is 3.61. The predicted octanol–water partition coefficient (Wildman–Crippen LogP) is 3.20. The van der Waals surface area contributed by atoms with Gasteiger partial charge in [0.05, 0.1) is 5.75 Å². The van der Waals surface area contributed by atoms with Crippen LogP contribution in [0.3, 0.4) is 0 Å². The number of nitrogens with one attached hydrogen (secondary N) is 2. The van der Waals surface area contributed by atoms with E-state index in [-0.39, 0.29) is 40.9 Å². The van der Waals surface area contributed by atoms with Gasteiger partial charge in [-0.15, -0.1) is 24.0 Å². The zero-order valence-corrected chi connectivity index (χ0v) is 18.6. The van der Waals surface area contributed by atoms with Crippen molar-refractivity contribution in [3.05, 3.63) is 0 Å². The van der Waals surface area contributed by atoms with Crippen LogP contribution in [0.1, 0.15) is 60.3 Å². The Morgan fingerprint density at radius 2 is 1.74 bits per heavy atom. The predicted molar refractivity (Wildman–Crippen MR) is 112 cm³/mol. The minimum absolute atomic E-state index is 0. The largest absolute Gasteiger partial charge is 0.357 e. The molecule has 0 saturated carbocycles. The van der Waals surface area contributed by atoms with Crippen molar-refractivity contribution in [1.82, 2.24) is 10.6 Å². The van der Waals surface area contributed by atoms with Crippen LogP contribution in [0.25, 0.3) is 0 Å². The number of nitrogens with zero attached hydrogens (tertiary/aromatic N) is 1. The van der Waals surface area contributed by atoms with E-state index in [2.05, 4.69) is 36.4 Å². The molecule has 0 atom stereocenters. The number of hydrogen-bond donors (Lipinski definition) is 2. The van der Waals surface area contributed by atoms with Crippen LogP contribution in [-0.2, 0) is 9.84 Å². The topological polar surface area (TPSA) is 70.6 Å². The number of sulfone groups is 1. The molecule has 5 nitrogen and oxygen atoms in total. The van der Waals surface area contributed by atoms with Crippen LogP contribution in [0.2, 0.25) is 0 Å². The van der Waals surface area contributed by atoms with Gasteiger partial charge >= 0.3 is 0 Å². The molecule has 0 rings (SSSR count). The van der Waals surface area contributed by atoms with E-state index < -0.39 is 9.84 Å². The summed E-state index contributed by atoms with van der Waals surface area (Å²) in [5.41, 5.74) is 0.174. The highest BCUT2D eigenvalue weighted by atomic mass is 127. The van der Waals surface area contributed by atoms with Crippen LogP contribution in [0.4, 0.5) is 0 Å². The number of aliphatic imine (C=N–C) groups is 1. The Balaban J connectivity index is 0. The summed E-state index contributed by atoms with van der Waals surface area (Å²) in [5, 5.41) is 6.28. The van der Waals surface area contributed by atoms with Crippen LogP contribution in [-0.4, -0.2) is 45.5 Å². The average Bonchev–Trinajstić information content (AvgIpc) is 2.45. The van der Waals surface area contributed by atoms with E-state index in [1.54, 1.807) is 6.92 Å². The molecular weight excluding hydrogens is 425 g/mol. The summed E-state index contributed by atoms with van der Waals surface area (Å²) >= 11 is 0. The van der Waals surface area contributed by atoms with E-state index >= 15 is 0 Å². The van der Waals surface area contributed by atoms with Crippen LogP contribution >= 0.6 is 24.0 Å². The molecule has 0 aromatic rings. The molecular formula is C16H36IN3O2S. The molecule has 0 unspecified atom stereocenters. The smallest absolute Gasteiger partial charge is 0.191 e. The Labute approximate surface area is 160 Å². The molecule has 0 spiro atoms. The molecule has 0 aliphatic rings. The van der Waals surface area contributed by atoms with Crippen molar-refractivity contribution in [3.63, 3.8) is 0 Å². The first-order valence-corrected chi connectivity index (χ1v) is 10.3. The molecule has 0 heterocycles. The Hall–Kier alpha value is -0.0500. The van der Waals surface area contributed by atoms with Crippen molar-refractivity contribution >= 4 is 39.8 Å². The molecule has 2 N–H and O–H groups in total. The molecule has 0 aromatic carbocycles. The van der Waals surface area contributed by atoms with Crippen molar-refractivity contribution < 1.29 is 8.42 Å². The van der Waals surface area contributed by atoms with E-state index in [9.17, 15) is 8.42 Å². The third-order valence-corrected chi connectivity index (χ3v) is 5.32. The minimum atomic E-state index is -2.93. The maximum absolute atomic E-state index is 11.5. The fraction of sp³-hybridized carbons (Fsp3) is 0.938. The van der Waals surface area contributed by atoms with Crippen molar-refractivity contribution in [2.75, 3.05) is 31.1 Å². The average molecular weight is 461 g/mol. The van der Waals surface area contributed by atoms with Crippen molar-refractivity contribution in [2.45, 2.75) is 60.3 Å². The second-order valence-corrected chi connectivity index (χ2v) is 8.95. The second-order valence-electron chi connectivity index (χ2n) is 6.48. The summed E-state index contributed by atoms with van der Waals surface area (Å²) in [5.74, 6) is 1.04. The van der Waals surface area contributed by atoms with Crippen LogP contribution in [0.15, 0.2) is 4.99 Å². The highest BCUT2D eigenvalue weighted by Gasteiger charge is 2.17. The van der Waals surface area contributed by atoms with Gasteiger partial charge in [0.25, 0.3) is 0 Å². The zero-order valence-electron chi connectivity index (χ0n) is 15.4. The number of rotatable bonds is 11. The molecule has 7 heteroatoms. The van der Waals surface area contributed by atoms with Crippen LogP contribution in [0, 0.1) is 5.41 Å². The summed E-state index contributed by atoms with van der Waals surface area (Å²) in [7, 11) is -2.93. The van der Waals surface area contributed by atoms with Crippen LogP contribution < -0.4 is 10.6 Å². The maximum atomic E-state index is 11.5. The monoisotopic (exact) mass is 461 g/mol. The van der Waals surface area contributed by atoms with Gasteiger partial charge in [0.1, 0.15) is 0 Å². The molecule has 0 amide bonds. The first-order valence-electron chi connectivity index (χ1n) is 8.49. The van der Waals surface area contributed by atoms with E-state index in [1.807, 2.05) is 6.92 Å². The van der Waals surface area contributed by atoms with Gasteiger partial charge in [0.15, 0.2) is 15.8 Å². The summed E-state index contributed by atoms with van der Waals surface area (Å²) in [6, 6.07) is 0. The normalized spacial score (nSPS) is 12.7. The lowest BCUT2D eigenvalue weighted by molar-refractivity contribution is 0.332. The van der Waals surface area contributed by atoms with Crippen molar-refractivity contribution in [2.24, 2.45) is 10.4 Å². The van der Waals surface area contributed by atoms with Gasteiger partial charge in [-0.05, 0) is 18.8 Å². The SMILES string of the molecule is CCCCCC(C)(C)CN=C(NCC)NCCS(=O)(=O)CC.I. The molecule has 0 aliphatic carbocycles. The Morgan fingerprint density at radius 1 is 1.09 bits per heavy atom. The lowest BCUT2D eigenvalue weighted by Crippen LogP contribution is -2.40. The van der Waals surface area contributed by atoms with Gasteiger partial charge in [-0.1, -0.05) is 47.0 Å². The molecule has 0 bridgehead atoms. The summed E-state index contributed by atoms with van der Waals surface area (Å²) in [6.45, 7) is 12.3. The van der Waals surface area contributed by atoms with E-state index in [0.29, 0.717) is 12.5 Å². The molecule has 0 aromatic heterocycles. The van der Waals surface area contributed by atoms with Gasteiger partial charge in [-0.2, -0.15) is 0 Å². The fourth-order valence-corrected chi connectivity index (χ4v) is 2.74. The van der Waals surface area contributed by atoms with Gasteiger partial charge in [-0.25, -0.2) is 8.42 Å². The summed E-state index contributed by atoms with van der Waals surface area (Å²) < 4.78 is 23.0. The summed E-state index contributed by atoms with van der Waals surface area (Å²) in [4.78, 5) is 4.61. The number of hydrogen-bond acceptors (Lipinski definition) is 3. The number of guanidine groups is 1. The van der Waals surface area contributed by atoms with Crippen molar-refractivity contribution in [3.8, 4) is 0 Å². The molecule has 23 heavy (non-hydrogen) atoms. The van der Waals surface area contributed by atoms with Gasteiger partial charge in [0.2, 0.25) is 0 Å². The Kier molecular flexibility index (Phi) is 14.5. The second kappa shape index (κ2) is 13.3. The maximum Gasteiger partial charge on any atom is 0.191 e. The highest BCUT2D eigenvalue weighted by Crippen LogP contribution is 2.23. The van der Waals surface area contributed by atoms with E-state index in [1.165, 1.54) is 19.3 Å². The first kappa shape index (κ1) is 25.2.